The van der Waals surface area contributed by atoms with Crippen molar-refractivity contribution >= 4 is 21.6 Å². The number of benzene rings is 1. The normalized spacial score (nSPS) is 11.1. The van der Waals surface area contributed by atoms with E-state index in [1.54, 1.807) is 6.92 Å². The first-order valence-corrected chi connectivity index (χ1v) is 7.09. The SMILES string of the molecule is CCNC(=O)CNS(=O)(=O)c1ccc(N)cc1OC. The fourth-order valence-corrected chi connectivity index (χ4v) is 2.54. The molecule has 19 heavy (non-hydrogen) atoms. The van der Waals surface area contributed by atoms with Gasteiger partial charge in [0.15, 0.2) is 0 Å². The molecule has 1 aromatic carbocycles. The molecule has 4 N–H and O–H groups in total. The summed E-state index contributed by atoms with van der Waals surface area (Å²) in [6.45, 7) is 1.85. The number of carbonyl (C=O) groups is 1. The van der Waals surface area contributed by atoms with Crippen LogP contribution in [0.15, 0.2) is 23.1 Å². The van der Waals surface area contributed by atoms with Gasteiger partial charge in [-0.25, -0.2) is 13.1 Å². The Labute approximate surface area is 112 Å². The molecular weight excluding hydrogens is 270 g/mol. The van der Waals surface area contributed by atoms with Crippen LogP contribution in [0.5, 0.6) is 5.75 Å². The number of methoxy groups -OCH3 is 1. The van der Waals surface area contributed by atoms with Crippen LogP contribution < -0.4 is 20.5 Å². The molecule has 0 radical (unpaired) electrons. The lowest BCUT2D eigenvalue weighted by molar-refractivity contribution is -0.119. The van der Waals surface area contributed by atoms with Gasteiger partial charge >= 0.3 is 0 Å². The van der Waals surface area contributed by atoms with Crippen molar-refractivity contribution in [3.63, 3.8) is 0 Å². The molecule has 1 amide bonds. The molecule has 0 aliphatic rings. The Morgan fingerprint density at radius 1 is 1.42 bits per heavy atom. The topological polar surface area (TPSA) is 111 Å². The monoisotopic (exact) mass is 287 g/mol. The van der Waals surface area contributed by atoms with Crippen LogP contribution in [-0.4, -0.2) is 34.5 Å². The fourth-order valence-electron chi connectivity index (χ4n) is 1.40. The molecule has 0 atom stereocenters. The lowest BCUT2D eigenvalue weighted by atomic mass is 10.3. The van der Waals surface area contributed by atoms with E-state index in [-0.39, 0.29) is 17.2 Å². The van der Waals surface area contributed by atoms with Crippen molar-refractivity contribution < 1.29 is 17.9 Å². The molecule has 0 aromatic heterocycles. The van der Waals surface area contributed by atoms with Gasteiger partial charge in [-0.3, -0.25) is 4.79 Å². The van der Waals surface area contributed by atoms with E-state index in [1.807, 2.05) is 0 Å². The Balaban J connectivity index is 2.91. The molecule has 1 aromatic rings. The van der Waals surface area contributed by atoms with Crippen LogP contribution in [0.1, 0.15) is 6.92 Å². The maximum Gasteiger partial charge on any atom is 0.244 e. The standard InChI is InChI=1S/C11H17N3O4S/c1-3-13-11(15)7-14-19(16,17)10-5-4-8(12)6-9(10)18-2/h4-6,14H,3,7,12H2,1-2H3,(H,13,15). The predicted octanol–water partition coefficient (Wildman–Crippen LogP) is -0.308. The van der Waals surface area contributed by atoms with Gasteiger partial charge in [-0.1, -0.05) is 0 Å². The third kappa shape index (κ3) is 4.11. The molecule has 0 aliphatic carbocycles. The molecule has 0 aliphatic heterocycles. The number of nitrogen functional groups attached to an aromatic ring is 1. The molecule has 0 fully saturated rings. The maximum absolute atomic E-state index is 12.0. The van der Waals surface area contributed by atoms with E-state index in [1.165, 1.54) is 25.3 Å². The highest BCUT2D eigenvalue weighted by Gasteiger charge is 2.20. The van der Waals surface area contributed by atoms with E-state index >= 15 is 0 Å². The van der Waals surface area contributed by atoms with Crippen LogP contribution in [-0.2, 0) is 14.8 Å². The zero-order valence-corrected chi connectivity index (χ0v) is 11.6. The Morgan fingerprint density at radius 3 is 2.68 bits per heavy atom. The minimum atomic E-state index is -3.82. The summed E-state index contributed by atoms with van der Waals surface area (Å²) in [6, 6.07) is 4.18. The number of likely N-dealkylation sites (N-methyl/N-ethyl adjacent to an activating group) is 1. The highest BCUT2D eigenvalue weighted by molar-refractivity contribution is 7.89. The third-order valence-corrected chi connectivity index (χ3v) is 3.71. The van der Waals surface area contributed by atoms with Crippen molar-refractivity contribution in [1.82, 2.24) is 10.0 Å². The zero-order chi connectivity index (χ0) is 14.5. The lowest BCUT2D eigenvalue weighted by Gasteiger charge is -2.11. The molecule has 106 valence electrons. The van der Waals surface area contributed by atoms with E-state index in [4.69, 9.17) is 10.5 Å². The molecular formula is C11H17N3O4S. The van der Waals surface area contributed by atoms with Crippen molar-refractivity contribution in [2.24, 2.45) is 0 Å². The van der Waals surface area contributed by atoms with Gasteiger partial charge in [0.05, 0.1) is 13.7 Å². The number of nitrogens with one attached hydrogen (secondary N) is 2. The highest BCUT2D eigenvalue weighted by atomic mass is 32.2. The first-order valence-electron chi connectivity index (χ1n) is 5.60. The molecule has 7 nitrogen and oxygen atoms in total. The van der Waals surface area contributed by atoms with E-state index < -0.39 is 15.9 Å². The number of hydrogen-bond donors (Lipinski definition) is 3. The zero-order valence-electron chi connectivity index (χ0n) is 10.8. The number of nitrogens with two attached hydrogens (primary N) is 1. The first-order chi connectivity index (χ1) is 8.90. The molecule has 0 saturated carbocycles. The van der Waals surface area contributed by atoms with Crippen LogP contribution in [0.2, 0.25) is 0 Å². The Morgan fingerprint density at radius 2 is 2.11 bits per heavy atom. The summed E-state index contributed by atoms with van der Waals surface area (Å²) in [5.74, 6) is -0.274. The second-order valence-corrected chi connectivity index (χ2v) is 5.42. The maximum atomic E-state index is 12.0. The van der Waals surface area contributed by atoms with Crippen molar-refractivity contribution in [3.05, 3.63) is 18.2 Å². The number of anilines is 1. The summed E-state index contributed by atoms with van der Waals surface area (Å²) in [7, 11) is -2.48. The van der Waals surface area contributed by atoms with Gasteiger partial charge in [-0.05, 0) is 19.1 Å². The van der Waals surface area contributed by atoms with E-state index in [0.717, 1.165) is 0 Å². The van der Waals surface area contributed by atoms with Crippen molar-refractivity contribution in [2.45, 2.75) is 11.8 Å². The van der Waals surface area contributed by atoms with Crippen LogP contribution in [0.3, 0.4) is 0 Å². The van der Waals surface area contributed by atoms with Crippen LogP contribution in [0.4, 0.5) is 5.69 Å². The number of sulfonamides is 1. The second kappa shape index (κ2) is 6.39. The molecule has 1 rings (SSSR count). The lowest BCUT2D eigenvalue weighted by Crippen LogP contribution is -2.36. The summed E-state index contributed by atoms with van der Waals surface area (Å²) in [5.41, 5.74) is 5.94. The largest absolute Gasteiger partial charge is 0.495 e. The number of carbonyl (C=O) groups excluding carboxylic acids is 1. The molecule has 0 bridgehead atoms. The molecule has 0 saturated heterocycles. The molecule has 0 heterocycles. The summed E-state index contributed by atoms with van der Waals surface area (Å²) in [6.07, 6.45) is 0. The number of ether oxygens (including phenoxy) is 1. The van der Waals surface area contributed by atoms with E-state index in [9.17, 15) is 13.2 Å². The minimum Gasteiger partial charge on any atom is -0.495 e. The van der Waals surface area contributed by atoms with Gasteiger partial charge in [-0.2, -0.15) is 0 Å². The molecule has 0 spiro atoms. The van der Waals surface area contributed by atoms with Gasteiger partial charge in [0.2, 0.25) is 15.9 Å². The van der Waals surface area contributed by atoms with Gasteiger partial charge in [-0.15, -0.1) is 0 Å². The molecule has 0 unspecified atom stereocenters. The van der Waals surface area contributed by atoms with Gasteiger partial charge in [0.1, 0.15) is 10.6 Å². The van der Waals surface area contributed by atoms with Gasteiger partial charge < -0.3 is 15.8 Å². The van der Waals surface area contributed by atoms with Gasteiger partial charge in [0, 0.05) is 18.3 Å². The Hall–Kier alpha value is -1.80. The molecule has 8 heteroatoms. The van der Waals surface area contributed by atoms with Crippen molar-refractivity contribution in [3.8, 4) is 5.75 Å². The van der Waals surface area contributed by atoms with Crippen molar-refractivity contribution in [1.29, 1.82) is 0 Å². The number of rotatable bonds is 6. The second-order valence-electron chi connectivity index (χ2n) is 3.69. The minimum absolute atomic E-state index is 0.0616. The summed E-state index contributed by atoms with van der Waals surface area (Å²) < 4.78 is 31.2. The summed E-state index contributed by atoms with van der Waals surface area (Å²) in [5, 5.41) is 2.49. The first kappa shape index (κ1) is 15.3. The number of hydrogen-bond acceptors (Lipinski definition) is 5. The van der Waals surface area contributed by atoms with Crippen molar-refractivity contribution in [2.75, 3.05) is 25.9 Å². The van der Waals surface area contributed by atoms with Gasteiger partial charge in [0.25, 0.3) is 0 Å². The van der Waals surface area contributed by atoms with E-state index in [2.05, 4.69) is 10.0 Å². The quantitative estimate of drug-likeness (QED) is 0.622. The van der Waals surface area contributed by atoms with Crippen LogP contribution >= 0.6 is 0 Å². The summed E-state index contributed by atoms with van der Waals surface area (Å²) >= 11 is 0. The number of amides is 1. The smallest absolute Gasteiger partial charge is 0.244 e. The van der Waals surface area contributed by atoms with Crippen LogP contribution in [0.25, 0.3) is 0 Å². The highest BCUT2D eigenvalue weighted by Crippen LogP contribution is 2.25. The Kier molecular flexibility index (Phi) is 5.13. The predicted molar refractivity (Wildman–Crippen MR) is 71.3 cm³/mol. The third-order valence-electron chi connectivity index (χ3n) is 2.27. The fraction of sp³-hybridized carbons (Fsp3) is 0.364. The Bertz CT molecular complexity index is 557. The average molecular weight is 287 g/mol. The summed E-state index contributed by atoms with van der Waals surface area (Å²) in [4.78, 5) is 11.2. The van der Waals surface area contributed by atoms with Crippen LogP contribution in [0, 0.1) is 0 Å². The average Bonchev–Trinajstić information content (AvgIpc) is 2.36. The van der Waals surface area contributed by atoms with E-state index in [0.29, 0.717) is 12.2 Å².